The molecule has 1 aromatic rings. The second kappa shape index (κ2) is 4.13. The number of aliphatic hydroxyl groups is 1. The summed E-state index contributed by atoms with van der Waals surface area (Å²) in [7, 11) is 0. The maximum Gasteiger partial charge on any atom is 0.407 e. The minimum atomic E-state index is -0.921. The second-order valence-electron chi connectivity index (χ2n) is 4.67. The van der Waals surface area contributed by atoms with E-state index in [1.54, 1.807) is 0 Å². The number of nitrogens with zero attached hydrogens (tertiary/aromatic N) is 3. The third-order valence-electron chi connectivity index (χ3n) is 3.54. The van der Waals surface area contributed by atoms with Crippen LogP contribution in [0.5, 0.6) is 0 Å². The van der Waals surface area contributed by atoms with Gasteiger partial charge in [-0.05, 0) is 18.9 Å². The Morgan fingerprint density at radius 3 is 3.06 bits per heavy atom. The van der Waals surface area contributed by atoms with E-state index in [0.29, 0.717) is 26.1 Å². The van der Waals surface area contributed by atoms with Gasteiger partial charge in [-0.15, -0.1) is 0 Å². The van der Waals surface area contributed by atoms with E-state index < -0.39 is 12.2 Å². The molecule has 1 aliphatic carbocycles. The Hall–Kier alpha value is -1.82. The number of hydrogen-bond acceptors (Lipinski definition) is 3. The van der Waals surface area contributed by atoms with E-state index in [9.17, 15) is 9.90 Å². The van der Waals surface area contributed by atoms with Crippen LogP contribution in [0.25, 0.3) is 6.08 Å². The fraction of sp³-hybridized carbons (Fsp3) is 0.500. The highest BCUT2D eigenvalue weighted by atomic mass is 16.4. The van der Waals surface area contributed by atoms with E-state index in [0.717, 1.165) is 23.4 Å². The molecule has 0 fully saturated rings. The normalized spacial score (nSPS) is 22.3. The molecular formula is C12H15N3O3. The molecule has 96 valence electrons. The number of hydrogen-bond donors (Lipinski definition) is 2. The van der Waals surface area contributed by atoms with Crippen molar-refractivity contribution in [2.45, 2.75) is 32.0 Å². The predicted molar refractivity (Wildman–Crippen MR) is 63.9 cm³/mol. The molecular weight excluding hydrogens is 234 g/mol. The fourth-order valence-electron chi connectivity index (χ4n) is 2.60. The number of fused-ring (bicyclic) bond motifs is 3. The topological polar surface area (TPSA) is 78.6 Å². The number of aliphatic hydroxyl groups excluding tert-OH is 1. The molecule has 2 N–H and O–H groups in total. The van der Waals surface area contributed by atoms with E-state index in [1.165, 1.54) is 4.90 Å². The highest BCUT2D eigenvalue weighted by Gasteiger charge is 2.29. The van der Waals surface area contributed by atoms with Crippen LogP contribution in [-0.4, -0.2) is 37.5 Å². The first-order valence-electron chi connectivity index (χ1n) is 6.09. The van der Waals surface area contributed by atoms with Gasteiger partial charge in [0.2, 0.25) is 0 Å². The van der Waals surface area contributed by atoms with Crippen molar-refractivity contribution in [2.75, 3.05) is 6.54 Å². The molecule has 0 spiro atoms. The van der Waals surface area contributed by atoms with Gasteiger partial charge in [-0.1, -0.05) is 6.08 Å². The number of carbonyl (C=O) groups is 1. The molecule has 0 radical (unpaired) electrons. The van der Waals surface area contributed by atoms with Crippen LogP contribution in [0.15, 0.2) is 6.08 Å². The van der Waals surface area contributed by atoms with Gasteiger partial charge in [0.1, 0.15) is 0 Å². The molecule has 18 heavy (non-hydrogen) atoms. The molecule has 0 bridgehead atoms. The molecule has 2 heterocycles. The Labute approximate surface area is 104 Å². The Morgan fingerprint density at radius 1 is 1.44 bits per heavy atom. The minimum Gasteiger partial charge on any atom is -0.465 e. The zero-order chi connectivity index (χ0) is 12.7. The summed E-state index contributed by atoms with van der Waals surface area (Å²) in [5, 5.41) is 23.6. The highest BCUT2D eigenvalue weighted by molar-refractivity contribution is 5.65. The maximum absolute atomic E-state index is 11.0. The van der Waals surface area contributed by atoms with E-state index in [1.807, 2.05) is 16.8 Å². The SMILES string of the molecule is O=C(O)N1CCn2nc3c(c2C1)C(O)CCC=C3. The van der Waals surface area contributed by atoms with Crippen LogP contribution >= 0.6 is 0 Å². The van der Waals surface area contributed by atoms with Crippen LogP contribution in [0.3, 0.4) is 0 Å². The number of aromatic nitrogens is 2. The van der Waals surface area contributed by atoms with Crippen LogP contribution in [0.2, 0.25) is 0 Å². The second-order valence-corrected chi connectivity index (χ2v) is 4.67. The van der Waals surface area contributed by atoms with Gasteiger partial charge in [-0.25, -0.2) is 4.79 Å². The first kappa shape index (κ1) is 11.3. The number of amides is 1. The van der Waals surface area contributed by atoms with Gasteiger partial charge >= 0.3 is 6.09 Å². The Morgan fingerprint density at radius 2 is 2.28 bits per heavy atom. The standard InChI is InChI=1S/C12H15N3O3/c16-10-4-2-1-3-8-11(10)9-7-14(12(17)18)5-6-15(9)13-8/h1,3,10,16H,2,4-7H2,(H,17,18). The third kappa shape index (κ3) is 1.69. The number of allylic oxidation sites excluding steroid dienone is 1. The van der Waals surface area contributed by atoms with Gasteiger partial charge in [0.15, 0.2) is 0 Å². The molecule has 0 saturated heterocycles. The summed E-state index contributed by atoms with van der Waals surface area (Å²) >= 11 is 0. The van der Waals surface area contributed by atoms with Crippen molar-refractivity contribution < 1.29 is 15.0 Å². The van der Waals surface area contributed by atoms with Gasteiger partial charge in [-0.3, -0.25) is 4.68 Å². The molecule has 1 unspecified atom stereocenters. The first-order chi connectivity index (χ1) is 8.66. The lowest BCUT2D eigenvalue weighted by Gasteiger charge is -2.26. The third-order valence-corrected chi connectivity index (χ3v) is 3.54. The monoisotopic (exact) mass is 249 g/mol. The molecule has 1 aliphatic heterocycles. The molecule has 1 aromatic heterocycles. The van der Waals surface area contributed by atoms with E-state index in [-0.39, 0.29) is 0 Å². The summed E-state index contributed by atoms with van der Waals surface area (Å²) in [4.78, 5) is 12.4. The van der Waals surface area contributed by atoms with Crippen molar-refractivity contribution in [1.29, 1.82) is 0 Å². The molecule has 3 rings (SSSR count). The summed E-state index contributed by atoms with van der Waals surface area (Å²) in [5.74, 6) is 0. The molecule has 1 atom stereocenters. The van der Waals surface area contributed by atoms with Crippen LogP contribution < -0.4 is 0 Å². The van der Waals surface area contributed by atoms with Crippen molar-refractivity contribution in [3.05, 3.63) is 23.0 Å². The highest BCUT2D eigenvalue weighted by Crippen LogP contribution is 2.31. The molecule has 2 aliphatic rings. The lowest BCUT2D eigenvalue weighted by molar-refractivity contribution is 0.127. The van der Waals surface area contributed by atoms with Crippen molar-refractivity contribution >= 4 is 12.2 Å². The minimum absolute atomic E-state index is 0.308. The first-order valence-corrected chi connectivity index (χ1v) is 6.09. The van der Waals surface area contributed by atoms with Crippen LogP contribution in [0.4, 0.5) is 4.79 Å². The number of rotatable bonds is 0. The van der Waals surface area contributed by atoms with Gasteiger partial charge in [0, 0.05) is 12.1 Å². The van der Waals surface area contributed by atoms with Crippen molar-refractivity contribution in [1.82, 2.24) is 14.7 Å². The predicted octanol–water partition coefficient (Wildman–Crippen LogP) is 1.22. The lowest BCUT2D eigenvalue weighted by Crippen LogP contribution is -2.37. The summed E-state index contributed by atoms with van der Waals surface area (Å²) in [6, 6.07) is 0. The lowest BCUT2D eigenvalue weighted by atomic mass is 10.0. The van der Waals surface area contributed by atoms with Gasteiger partial charge < -0.3 is 15.1 Å². The zero-order valence-corrected chi connectivity index (χ0v) is 9.91. The Balaban J connectivity index is 2.04. The largest absolute Gasteiger partial charge is 0.465 e. The van der Waals surface area contributed by atoms with Crippen LogP contribution in [-0.2, 0) is 13.1 Å². The Bertz CT molecular complexity index is 521. The fourth-order valence-corrected chi connectivity index (χ4v) is 2.60. The van der Waals surface area contributed by atoms with Gasteiger partial charge in [-0.2, -0.15) is 5.10 Å². The molecule has 0 saturated carbocycles. The van der Waals surface area contributed by atoms with E-state index >= 15 is 0 Å². The summed E-state index contributed by atoms with van der Waals surface area (Å²) < 4.78 is 1.82. The maximum atomic E-state index is 11.0. The average Bonchev–Trinajstić information content (AvgIpc) is 2.61. The quantitative estimate of drug-likeness (QED) is 0.724. The molecule has 1 amide bonds. The molecule has 0 aromatic carbocycles. The average molecular weight is 249 g/mol. The zero-order valence-electron chi connectivity index (χ0n) is 9.91. The summed E-state index contributed by atoms with van der Waals surface area (Å²) in [6.07, 6.45) is 3.93. The van der Waals surface area contributed by atoms with Gasteiger partial charge in [0.05, 0.1) is 30.6 Å². The van der Waals surface area contributed by atoms with Crippen molar-refractivity contribution in [2.24, 2.45) is 0 Å². The molecule has 6 heteroatoms. The van der Waals surface area contributed by atoms with Crippen molar-refractivity contribution in [3.8, 4) is 0 Å². The smallest absolute Gasteiger partial charge is 0.407 e. The van der Waals surface area contributed by atoms with E-state index in [2.05, 4.69) is 5.10 Å². The number of carboxylic acid groups (broad SMARTS) is 1. The van der Waals surface area contributed by atoms with Crippen LogP contribution in [0, 0.1) is 0 Å². The van der Waals surface area contributed by atoms with E-state index in [4.69, 9.17) is 5.11 Å². The summed E-state index contributed by atoms with van der Waals surface area (Å²) in [6.45, 7) is 1.31. The molecule has 6 nitrogen and oxygen atoms in total. The van der Waals surface area contributed by atoms with Gasteiger partial charge in [0.25, 0.3) is 0 Å². The van der Waals surface area contributed by atoms with Crippen LogP contribution in [0.1, 0.15) is 35.9 Å². The summed E-state index contributed by atoms with van der Waals surface area (Å²) in [5.41, 5.74) is 2.41. The Kier molecular flexibility index (Phi) is 2.59. The van der Waals surface area contributed by atoms with Crippen molar-refractivity contribution in [3.63, 3.8) is 0 Å².